The molecule has 1 aromatic rings. The number of fused-ring (bicyclic) bond motifs is 5. The van der Waals surface area contributed by atoms with Gasteiger partial charge in [0, 0.05) is 37.9 Å². The van der Waals surface area contributed by atoms with E-state index in [4.69, 9.17) is 18.9 Å². The van der Waals surface area contributed by atoms with Crippen molar-refractivity contribution in [1.29, 1.82) is 0 Å². The van der Waals surface area contributed by atoms with Crippen molar-refractivity contribution < 1.29 is 42.9 Å². The van der Waals surface area contributed by atoms with E-state index in [0.717, 1.165) is 0 Å². The number of ether oxygens (including phenoxy) is 4. The van der Waals surface area contributed by atoms with Crippen LogP contribution in [0.2, 0.25) is 0 Å². The van der Waals surface area contributed by atoms with Gasteiger partial charge in [-0.25, -0.2) is 14.6 Å². The summed E-state index contributed by atoms with van der Waals surface area (Å²) < 4.78 is 21.9. The molecule has 43 heavy (non-hydrogen) atoms. The third-order valence-electron chi connectivity index (χ3n) is 7.79. The van der Waals surface area contributed by atoms with Gasteiger partial charge in [0.05, 0.1) is 31.2 Å². The summed E-state index contributed by atoms with van der Waals surface area (Å²) in [5, 5.41) is 1.95. The number of amides is 3. The van der Waals surface area contributed by atoms with Gasteiger partial charge in [-0.05, 0) is 39.5 Å². The van der Waals surface area contributed by atoms with Crippen LogP contribution in [0.4, 0.5) is 4.79 Å². The van der Waals surface area contributed by atoms with Gasteiger partial charge in [0.2, 0.25) is 11.8 Å². The van der Waals surface area contributed by atoms with Gasteiger partial charge in [-0.2, -0.15) is 0 Å². The first kappa shape index (κ1) is 32.6. The van der Waals surface area contributed by atoms with Gasteiger partial charge in [0.25, 0.3) is 0 Å². The molecule has 0 saturated carbocycles. The predicted molar refractivity (Wildman–Crippen MR) is 155 cm³/mol. The molecule has 12 nitrogen and oxygen atoms in total. The Morgan fingerprint density at radius 2 is 1.72 bits per heavy atom. The van der Waals surface area contributed by atoms with Crippen LogP contribution in [0.5, 0.6) is 0 Å². The van der Waals surface area contributed by atoms with Gasteiger partial charge in [-0.15, -0.1) is 11.3 Å². The Bertz CT molecular complexity index is 1240. The number of esters is 2. The maximum Gasteiger partial charge on any atom is 0.410 e. The van der Waals surface area contributed by atoms with Crippen molar-refractivity contribution in [2.75, 3.05) is 20.2 Å². The minimum atomic E-state index is -0.816. The normalized spacial score (nSPS) is 23.9. The lowest BCUT2D eigenvalue weighted by atomic mass is 9.85. The van der Waals surface area contributed by atoms with Crippen LogP contribution < -0.4 is 0 Å². The summed E-state index contributed by atoms with van der Waals surface area (Å²) in [6.45, 7) is 11.1. The highest BCUT2D eigenvalue weighted by molar-refractivity contribution is 7.09. The molecular formula is C30H41N3O9S. The summed E-state index contributed by atoms with van der Waals surface area (Å²) in [6.07, 6.45) is 2.91. The maximum atomic E-state index is 13.5. The first-order valence-corrected chi connectivity index (χ1v) is 15.5. The molecule has 4 rings (SSSR count). The fourth-order valence-corrected chi connectivity index (χ4v) is 6.69. The van der Waals surface area contributed by atoms with Gasteiger partial charge in [-0.1, -0.05) is 26.0 Å². The average molecular weight is 620 g/mol. The van der Waals surface area contributed by atoms with Crippen molar-refractivity contribution in [3.63, 3.8) is 0 Å². The molecule has 0 aromatic carbocycles. The van der Waals surface area contributed by atoms with Crippen LogP contribution in [0.1, 0.15) is 82.4 Å². The number of likely N-dealkylation sites (tertiary alicyclic amines) is 1. The van der Waals surface area contributed by atoms with Crippen LogP contribution in [0, 0.1) is 17.8 Å². The quantitative estimate of drug-likeness (QED) is 0.111. The summed E-state index contributed by atoms with van der Waals surface area (Å²) in [7, 11) is 1.26. The summed E-state index contributed by atoms with van der Waals surface area (Å²) in [4.78, 5) is 70.9. The molecule has 0 N–H and O–H groups in total. The lowest BCUT2D eigenvalue weighted by molar-refractivity contribution is -0.148. The van der Waals surface area contributed by atoms with Crippen molar-refractivity contribution in [1.82, 2.24) is 14.8 Å². The van der Waals surface area contributed by atoms with Crippen molar-refractivity contribution in [3.8, 4) is 0 Å². The molecular weight excluding hydrogens is 578 g/mol. The van der Waals surface area contributed by atoms with E-state index in [0.29, 0.717) is 17.8 Å². The molecule has 2 saturated heterocycles. The Balaban J connectivity index is 1.47. The minimum Gasteiger partial charge on any atom is -0.464 e. The number of carbonyl (C=O) groups excluding carboxylic acids is 5. The van der Waals surface area contributed by atoms with E-state index in [2.05, 4.69) is 4.98 Å². The van der Waals surface area contributed by atoms with Gasteiger partial charge in [0.1, 0.15) is 10.6 Å². The molecule has 3 aliphatic heterocycles. The molecule has 2 bridgehead atoms. The fraction of sp³-hybridized carbons (Fsp3) is 0.667. The smallest absolute Gasteiger partial charge is 0.410 e. The average Bonchev–Trinajstić information content (AvgIpc) is 3.70. The van der Waals surface area contributed by atoms with E-state index >= 15 is 0 Å². The zero-order valence-electron chi connectivity index (χ0n) is 25.7. The van der Waals surface area contributed by atoms with E-state index in [9.17, 15) is 24.0 Å². The summed E-state index contributed by atoms with van der Waals surface area (Å²) in [5.41, 5.74) is -0.645. The first-order valence-electron chi connectivity index (χ1n) is 14.6. The van der Waals surface area contributed by atoms with Gasteiger partial charge >= 0.3 is 18.0 Å². The molecule has 236 valence electrons. The number of rotatable bonds is 12. The zero-order chi connectivity index (χ0) is 31.6. The molecule has 0 aliphatic carbocycles. The number of imide groups is 1. The fourth-order valence-electron chi connectivity index (χ4n) is 5.86. The third kappa shape index (κ3) is 7.26. The van der Waals surface area contributed by atoms with Crippen LogP contribution in [0.25, 0.3) is 0 Å². The highest BCUT2D eigenvalue weighted by atomic mass is 32.1. The molecule has 4 heterocycles. The molecule has 3 aliphatic rings. The highest BCUT2D eigenvalue weighted by Gasteiger charge is 2.60. The molecule has 4 unspecified atom stereocenters. The van der Waals surface area contributed by atoms with E-state index in [1.54, 1.807) is 25.7 Å². The van der Waals surface area contributed by atoms with Crippen molar-refractivity contribution in [2.45, 2.75) is 90.8 Å². The second-order valence-corrected chi connectivity index (χ2v) is 13.3. The number of methoxy groups -OCH3 is 1. The highest BCUT2D eigenvalue weighted by Crippen LogP contribution is 2.45. The first-order chi connectivity index (χ1) is 20.2. The van der Waals surface area contributed by atoms with Crippen molar-refractivity contribution in [3.05, 3.63) is 28.2 Å². The number of unbranched alkanes of at least 4 members (excludes halogenated alkanes) is 1. The molecule has 6 atom stereocenters. The Morgan fingerprint density at radius 1 is 1.09 bits per heavy atom. The van der Waals surface area contributed by atoms with Crippen LogP contribution in [-0.2, 0) is 33.3 Å². The number of carbonyl (C=O) groups is 5. The van der Waals surface area contributed by atoms with Crippen LogP contribution >= 0.6 is 11.3 Å². The lowest BCUT2D eigenvalue weighted by Crippen LogP contribution is -2.47. The van der Waals surface area contributed by atoms with E-state index < -0.39 is 47.6 Å². The Labute approximate surface area is 255 Å². The SMILES string of the molecule is COC(=O)c1csc([C@@H](C[C@H](C(C)C)N(CCCCN2C(=O)C3C4C=CC(O4)C3C2=O)C(=O)OC(C)(C)C)OC(C)=O)n1. The molecule has 0 radical (unpaired) electrons. The summed E-state index contributed by atoms with van der Waals surface area (Å²) in [6, 6.07) is -0.432. The monoisotopic (exact) mass is 619 g/mol. The number of nitrogens with zero attached hydrogens (tertiary/aromatic N) is 3. The zero-order valence-corrected chi connectivity index (χ0v) is 26.5. The predicted octanol–water partition coefficient (Wildman–Crippen LogP) is 3.90. The van der Waals surface area contributed by atoms with Gasteiger partial charge < -0.3 is 23.8 Å². The number of thiazole rings is 1. The topological polar surface area (TPSA) is 142 Å². The number of hydrogen-bond donors (Lipinski definition) is 0. The summed E-state index contributed by atoms with van der Waals surface area (Å²) in [5.74, 6) is -2.50. The Hall–Kier alpha value is -3.32. The van der Waals surface area contributed by atoms with Crippen molar-refractivity contribution >= 4 is 41.2 Å². The van der Waals surface area contributed by atoms with Crippen LogP contribution in [0.15, 0.2) is 17.5 Å². The molecule has 13 heteroatoms. The molecule has 0 spiro atoms. The summed E-state index contributed by atoms with van der Waals surface area (Å²) >= 11 is 1.17. The van der Waals surface area contributed by atoms with Crippen molar-refractivity contribution in [2.24, 2.45) is 17.8 Å². The molecule has 3 amide bonds. The molecule has 1 aromatic heterocycles. The van der Waals surface area contributed by atoms with E-state index in [-0.39, 0.29) is 55.1 Å². The number of hydrogen-bond acceptors (Lipinski definition) is 11. The maximum absolute atomic E-state index is 13.5. The Kier molecular flexibility index (Phi) is 9.95. The lowest BCUT2D eigenvalue weighted by Gasteiger charge is -2.37. The minimum absolute atomic E-state index is 0.0743. The third-order valence-corrected chi connectivity index (χ3v) is 8.72. The van der Waals surface area contributed by atoms with Crippen LogP contribution in [-0.4, -0.2) is 88.7 Å². The van der Waals surface area contributed by atoms with Gasteiger partial charge in [0.15, 0.2) is 11.8 Å². The second-order valence-electron chi connectivity index (χ2n) is 12.4. The standard InChI is InChI=1S/C30H41N3O9S/c1-16(2)19(14-22(40-17(3)34)25-31-18(15-43-25)28(37)39-7)32(29(38)42-30(4,5)6)12-8-9-13-33-26(35)23-20-10-11-21(41-20)24(23)27(33)36/h10-11,15-16,19-24H,8-9,12-14H2,1-7H3/t19-,20?,21?,22-,23?,24?/m1/s1. The largest absolute Gasteiger partial charge is 0.464 e. The van der Waals surface area contributed by atoms with Gasteiger partial charge in [-0.3, -0.25) is 19.3 Å². The van der Waals surface area contributed by atoms with E-state index in [1.807, 2.05) is 26.0 Å². The van der Waals surface area contributed by atoms with E-state index in [1.165, 1.54) is 35.7 Å². The second kappa shape index (κ2) is 13.1. The Morgan fingerprint density at radius 3 is 2.26 bits per heavy atom. The van der Waals surface area contributed by atoms with Crippen LogP contribution in [0.3, 0.4) is 0 Å². The number of aromatic nitrogens is 1. The molecule has 2 fully saturated rings.